The van der Waals surface area contributed by atoms with E-state index in [2.05, 4.69) is 18.7 Å². The molecule has 0 aliphatic rings. The summed E-state index contributed by atoms with van der Waals surface area (Å²) in [5.41, 5.74) is 7.79. The molecule has 0 unspecified atom stereocenters. The minimum Gasteiger partial charge on any atom is -0.489 e. The number of halogens is 1. The zero-order valence-electron chi connectivity index (χ0n) is 16.0. The van der Waals surface area contributed by atoms with Crippen LogP contribution in [-0.2, 0) is 11.4 Å². The van der Waals surface area contributed by atoms with Crippen LogP contribution in [0.25, 0.3) is 0 Å². The topological polar surface area (TPSA) is 55.6 Å². The standard InChI is InChI=1S/C22H26FN2O2/c1-16(2)14-25(13-12-17(3)22(24)26)20-8-10-21(11-9-20)27-15-18-4-6-19(23)7-5-18/h4-12H,13-15H2,1-3H3,(H2,24,26). The number of anilines is 1. The van der Waals surface area contributed by atoms with E-state index in [1.807, 2.05) is 30.3 Å². The van der Waals surface area contributed by atoms with Gasteiger partial charge >= 0.3 is 0 Å². The lowest BCUT2D eigenvalue weighted by Gasteiger charge is -2.25. The molecule has 1 radical (unpaired) electrons. The third-order valence-electron chi connectivity index (χ3n) is 4.03. The highest BCUT2D eigenvalue weighted by atomic mass is 19.1. The van der Waals surface area contributed by atoms with Gasteiger partial charge in [-0.1, -0.05) is 32.1 Å². The molecule has 2 rings (SSSR count). The van der Waals surface area contributed by atoms with Crippen molar-refractivity contribution in [2.75, 3.05) is 18.0 Å². The van der Waals surface area contributed by atoms with Gasteiger partial charge in [0.15, 0.2) is 0 Å². The van der Waals surface area contributed by atoms with Crippen molar-refractivity contribution >= 4 is 11.6 Å². The first-order valence-electron chi connectivity index (χ1n) is 8.83. The number of ether oxygens (including phenoxy) is 1. The van der Waals surface area contributed by atoms with Crippen molar-refractivity contribution in [2.45, 2.75) is 27.4 Å². The maximum atomic E-state index is 12.9. The lowest BCUT2D eigenvalue weighted by molar-refractivity contribution is -0.114. The Kier molecular flexibility index (Phi) is 7.41. The third-order valence-corrected chi connectivity index (χ3v) is 4.03. The van der Waals surface area contributed by atoms with E-state index in [9.17, 15) is 9.18 Å². The molecule has 0 atom stereocenters. The van der Waals surface area contributed by atoms with Gasteiger partial charge in [-0.2, -0.15) is 0 Å². The van der Waals surface area contributed by atoms with Crippen molar-refractivity contribution in [2.24, 2.45) is 5.73 Å². The van der Waals surface area contributed by atoms with Crippen LogP contribution in [0.1, 0.15) is 26.3 Å². The predicted molar refractivity (Wildman–Crippen MR) is 107 cm³/mol. The fraction of sp³-hybridized carbons (Fsp3) is 0.273. The van der Waals surface area contributed by atoms with Crippen molar-refractivity contribution in [1.82, 2.24) is 0 Å². The second-order valence-corrected chi connectivity index (χ2v) is 6.75. The van der Waals surface area contributed by atoms with Crippen LogP contribution < -0.4 is 15.4 Å². The van der Waals surface area contributed by atoms with Gasteiger partial charge in [0.25, 0.3) is 0 Å². The van der Waals surface area contributed by atoms with Gasteiger partial charge in [0, 0.05) is 24.4 Å². The Labute approximate surface area is 160 Å². The number of amides is 1. The summed E-state index contributed by atoms with van der Waals surface area (Å²) < 4.78 is 18.7. The fourth-order valence-electron chi connectivity index (χ4n) is 2.49. The molecule has 0 aliphatic heterocycles. The van der Waals surface area contributed by atoms with Gasteiger partial charge in [-0.15, -0.1) is 0 Å². The Bertz CT molecular complexity index is 768. The molecule has 0 heterocycles. The molecular weight excluding hydrogens is 343 g/mol. The molecule has 0 saturated carbocycles. The van der Waals surface area contributed by atoms with Crippen molar-refractivity contribution in [3.05, 3.63) is 77.5 Å². The quantitative estimate of drug-likeness (QED) is 0.672. The molecule has 4 nitrogen and oxygen atoms in total. The zero-order valence-corrected chi connectivity index (χ0v) is 16.0. The molecule has 2 aromatic carbocycles. The molecule has 0 spiro atoms. The normalized spacial score (nSPS) is 11.5. The van der Waals surface area contributed by atoms with Gasteiger partial charge in [0.2, 0.25) is 5.91 Å². The number of nitrogens with zero attached hydrogens (tertiary/aromatic N) is 1. The average Bonchev–Trinajstić information content (AvgIpc) is 2.64. The maximum absolute atomic E-state index is 12.9. The molecule has 0 aliphatic carbocycles. The van der Waals surface area contributed by atoms with Gasteiger partial charge < -0.3 is 15.4 Å². The summed E-state index contributed by atoms with van der Waals surface area (Å²) in [7, 11) is 0. The second kappa shape index (κ2) is 9.76. The van der Waals surface area contributed by atoms with E-state index in [4.69, 9.17) is 10.5 Å². The fourth-order valence-corrected chi connectivity index (χ4v) is 2.49. The Hall–Kier alpha value is -2.82. The predicted octanol–water partition coefficient (Wildman–Crippen LogP) is 4.26. The van der Waals surface area contributed by atoms with Crippen molar-refractivity contribution in [3.8, 4) is 5.75 Å². The smallest absolute Gasteiger partial charge is 0.244 e. The van der Waals surface area contributed by atoms with Gasteiger partial charge in [-0.3, -0.25) is 4.79 Å². The van der Waals surface area contributed by atoms with E-state index in [1.165, 1.54) is 18.1 Å². The summed E-state index contributed by atoms with van der Waals surface area (Å²) in [4.78, 5) is 13.4. The second-order valence-electron chi connectivity index (χ2n) is 6.75. The minimum absolute atomic E-state index is 0.258. The molecule has 2 N–H and O–H groups in total. The van der Waals surface area contributed by atoms with Gasteiger partial charge in [-0.05, 0) is 54.8 Å². The minimum atomic E-state index is -0.406. The van der Waals surface area contributed by atoms with Crippen molar-refractivity contribution in [3.63, 3.8) is 0 Å². The highest BCUT2D eigenvalue weighted by molar-refractivity contribution is 5.91. The molecule has 143 valence electrons. The van der Waals surface area contributed by atoms with Crippen LogP contribution in [-0.4, -0.2) is 19.0 Å². The number of hydrogen-bond donors (Lipinski definition) is 1. The average molecular weight is 369 g/mol. The van der Waals surface area contributed by atoms with Crippen LogP contribution in [0.15, 0.2) is 60.2 Å². The summed E-state index contributed by atoms with van der Waals surface area (Å²) in [6.45, 7) is 7.60. The zero-order chi connectivity index (χ0) is 19.8. The van der Waals surface area contributed by atoms with Crippen LogP contribution >= 0.6 is 0 Å². The molecule has 0 saturated heterocycles. The number of carbonyl (C=O) groups excluding carboxylic acids is 1. The number of nitrogens with two attached hydrogens (primary N) is 1. The van der Waals surface area contributed by atoms with Crippen LogP contribution in [0.5, 0.6) is 5.75 Å². The summed E-state index contributed by atoms with van der Waals surface area (Å²) >= 11 is 0. The molecule has 0 fully saturated rings. The summed E-state index contributed by atoms with van der Waals surface area (Å²) in [5, 5.41) is 0. The first-order chi connectivity index (χ1) is 12.8. The molecule has 1 amide bonds. The van der Waals surface area contributed by atoms with E-state index < -0.39 is 5.91 Å². The number of carbonyl (C=O) groups is 1. The van der Waals surface area contributed by atoms with Gasteiger partial charge in [0.05, 0.1) is 0 Å². The number of hydrogen-bond acceptors (Lipinski definition) is 3. The van der Waals surface area contributed by atoms with Crippen LogP contribution in [0.3, 0.4) is 0 Å². The van der Waals surface area contributed by atoms with Crippen LogP contribution in [0, 0.1) is 11.7 Å². The Balaban J connectivity index is 2.03. The SMILES string of the molecule is C[C](C)CN(CC=C(C)C(N)=O)c1ccc(OCc2ccc(F)cc2)cc1. The third kappa shape index (κ3) is 6.77. The van der Waals surface area contributed by atoms with Crippen LogP contribution in [0.2, 0.25) is 0 Å². The first kappa shape index (κ1) is 20.5. The van der Waals surface area contributed by atoms with E-state index in [-0.39, 0.29) is 5.82 Å². The van der Waals surface area contributed by atoms with Gasteiger partial charge in [-0.25, -0.2) is 4.39 Å². The first-order valence-corrected chi connectivity index (χ1v) is 8.83. The van der Waals surface area contributed by atoms with Gasteiger partial charge in [0.1, 0.15) is 18.2 Å². The van der Waals surface area contributed by atoms with Crippen LogP contribution in [0.4, 0.5) is 10.1 Å². The monoisotopic (exact) mass is 369 g/mol. The molecule has 5 heteroatoms. The maximum Gasteiger partial charge on any atom is 0.244 e. The Morgan fingerprint density at radius 3 is 2.26 bits per heavy atom. The molecule has 2 aromatic rings. The highest BCUT2D eigenvalue weighted by Crippen LogP contribution is 2.22. The number of primary amides is 1. The number of benzene rings is 2. The van der Waals surface area contributed by atoms with E-state index in [0.29, 0.717) is 18.7 Å². The largest absolute Gasteiger partial charge is 0.489 e. The molecule has 27 heavy (non-hydrogen) atoms. The molecular formula is C22H26FN2O2. The summed E-state index contributed by atoms with van der Waals surface area (Å²) in [6.07, 6.45) is 1.84. The number of rotatable bonds is 9. The van der Waals surface area contributed by atoms with E-state index >= 15 is 0 Å². The van der Waals surface area contributed by atoms with Crippen molar-refractivity contribution in [1.29, 1.82) is 0 Å². The molecule has 0 aromatic heterocycles. The Morgan fingerprint density at radius 1 is 1.07 bits per heavy atom. The van der Waals surface area contributed by atoms with E-state index in [1.54, 1.807) is 19.1 Å². The highest BCUT2D eigenvalue weighted by Gasteiger charge is 2.09. The lowest BCUT2D eigenvalue weighted by Crippen LogP contribution is -2.27. The summed E-state index contributed by atoms with van der Waals surface area (Å²) in [5.74, 6) is 1.34. The lowest BCUT2D eigenvalue weighted by atomic mass is 10.1. The molecule has 0 bridgehead atoms. The summed E-state index contributed by atoms with van der Waals surface area (Å²) in [6, 6.07) is 14.0. The van der Waals surface area contributed by atoms with E-state index in [0.717, 1.165) is 23.5 Å². The Morgan fingerprint density at radius 2 is 1.70 bits per heavy atom. The van der Waals surface area contributed by atoms with Crippen molar-refractivity contribution < 1.29 is 13.9 Å².